The van der Waals surface area contributed by atoms with Crippen LogP contribution in [0.1, 0.15) is 6.92 Å². The van der Waals surface area contributed by atoms with E-state index in [0.29, 0.717) is 25.4 Å². The van der Waals surface area contributed by atoms with Gasteiger partial charge in [0.05, 0.1) is 24.4 Å². The summed E-state index contributed by atoms with van der Waals surface area (Å²) in [6.07, 6.45) is 1.51. The molecule has 3 aromatic rings. The van der Waals surface area contributed by atoms with Crippen molar-refractivity contribution < 1.29 is 9.53 Å². The van der Waals surface area contributed by atoms with Crippen molar-refractivity contribution in [3.05, 3.63) is 30.6 Å². The summed E-state index contributed by atoms with van der Waals surface area (Å²) in [4.78, 5) is 24.4. The second-order valence-electron chi connectivity index (χ2n) is 6.21. The molecular weight excluding hydrogens is 332 g/mol. The van der Waals surface area contributed by atoms with Crippen LogP contribution in [0.3, 0.4) is 0 Å². The first-order chi connectivity index (χ1) is 12.7. The summed E-state index contributed by atoms with van der Waals surface area (Å²) in [6, 6.07) is 7.69. The van der Waals surface area contributed by atoms with Crippen molar-refractivity contribution in [3.8, 4) is 17.1 Å². The molecule has 134 valence electrons. The summed E-state index contributed by atoms with van der Waals surface area (Å²) in [6.45, 7) is 4.31. The Morgan fingerprint density at radius 2 is 2.12 bits per heavy atom. The lowest BCUT2D eigenvalue weighted by molar-refractivity contribution is -0.129. The number of nitrogens with one attached hydrogen (secondary N) is 1. The second kappa shape index (κ2) is 6.62. The zero-order valence-electron chi connectivity index (χ0n) is 14.8. The first-order valence-electron chi connectivity index (χ1n) is 8.58. The van der Waals surface area contributed by atoms with Crippen LogP contribution in [0.4, 0.5) is 5.82 Å². The van der Waals surface area contributed by atoms with Gasteiger partial charge < -0.3 is 14.5 Å². The third-order valence-electron chi connectivity index (χ3n) is 4.52. The number of carbonyl (C=O) groups is 1. The van der Waals surface area contributed by atoms with Crippen molar-refractivity contribution in [1.82, 2.24) is 25.1 Å². The van der Waals surface area contributed by atoms with Crippen molar-refractivity contribution in [3.63, 3.8) is 0 Å². The summed E-state index contributed by atoms with van der Waals surface area (Å²) in [5.41, 5.74) is 2.37. The Balaban J connectivity index is 1.69. The van der Waals surface area contributed by atoms with Crippen LogP contribution in [0.5, 0.6) is 5.75 Å². The molecule has 0 aliphatic carbocycles. The maximum Gasteiger partial charge on any atom is 0.241 e. The Morgan fingerprint density at radius 1 is 1.23 bits per heavy atom. The van der Waals surface area contributed by atoms with Gasteiger partial charge in [-0.25, -0.2) is 9.97 Å². The third-order valence-corrected chi connectivity index (χ3v) is 4.52. The Hall–Kier alpha value is -3.16. The largest absolute Gasteiger partial charge is 0.494 e. The van der Waals surface area contributed by atoms with Gasteiger partial charge in [-0.3, -0.25) is 9.89 Å². The average molecular weight is 352 g/mol. The molecule has 0 unspecified atom stereocenters. The van der Waals surface area contributed by atoms with Crippen molar-refractivity contribution in [1.29, 1.82) is 0 Å². The molecule has 0 radical (unpaired) electrons. The number of benzene rings is 1. The molecule has 3 heterocycles. The number of ether oxygens (including phenoxy) is 1. The molecule has 1 fully saturated rings. The summed E-state index contributed by atoms with van der Waals surface area (Å²) in [5.74, 6) is 1.61. The van der Waals surface area contributed by atoms with Crippen LogP contribution >= 0.6 is 0 Å². The highest BCUT2D eigenvalue weighted by atomic mass is 16.5. The van der Waals surface area contributed by atoms with E-state index >= 15 is 0 Å². The van der Waals surface area contributed by atoms with Gasteiger partial charge in [0.1, 0.15) is 23.6 Å². The van der Waals surface area contributed by atoms with Gasteiger partial charge in [0.15, 0.2) is 0 Å². The smallest absolute Gasteiger partial charge is 0.241 e. The van der Waals surface area contributed by atoms with Crippen LogP contribution in [0.25, 0.3) is 22.3 Å². The number of carbonyl (C=O) groups excluding carboxylic acids is 1. The number of aromatic nitrogens is 4. The second-order valence-corrected chi connectivity index (χ2v) is 6.21. The lowest BCUT2D eigenvalue weighted by Gasteiger charge is -2.32. The molecule has 8 nitrogen and oxygen atoms in total. The van der Waals surface area contributed by atoms with Crippen molar-refractivity contribution in [2.75, 3.05) is 38.2 Å². The SMILES string of the molecule is CCOc1ccc2[nH]nc(-c3cc(N4CCN(C)C(=O)C4)ncn3)c2c1. The highest BCUT2D eigenvalue weighted by Crippen LogP contribution is 2.29. The Kier molecular flexibility index (Phi) is 4.16. The number of anilines is 1. The van der Waals surface area contributed by atoms with Gasteiger partial charge in [0.2, 0.25) is 5.91 Å². The number of nitrogens with zero attached hydrogens (tertiary/aromatic N) is 5. The van der Waals surface area contributed by atoms with Crippen molar-refractivity contribution in [2.45, 2.75) is 6.92 Å². The van der Waals surface area contributed by atoms with Crippen molar-refractivity contribution in [2.24, 2.45) is 0 Å². The first kappa shape index (κ1) is 16.3. The Bertz CT molecular complexity index is 954. The number of fused-ring (bicyclic) bond motifs is 1. The molecule has 1 N–H and O–H groups in total. The lowest BCUT2D eigenvalue weighted by Crippen LogP contribution is -2.48. The number of amides is 1. The number of aromatic amines is 1. The van der Waals surface area contributed by atoms with Gasteiger partial charge in [0.25, 0.3) is 0 Å². The summed E-state index contributed by atoms with van der Waals surface area (Å²) in [7, 11) is 1.82. The molecule has 1 saturated heterocycles. The fourth-order valence-electron chi connectivity index (χ4n) is 3.05. The van der Waals surface area contributed by atoms with E-state index in [1.54, 1.807) is 4.90 Å². The third kappa shape index (κ3) is 2.94. The van der Waals surface area contributed by atoms with E-state index in [1.807, 2.05) is 43.1 Å². The summed E-state index contributed by atoms with van der Waals surface area (Å²) < 4.78 is 5.59. The molecule has 4 rings (SSSR count). The van der Waals surface area contributed by atoms with Crippen molar-refractivity contribution >= 4 is 22.6 Å². The Labute approximate surface area is 150 Å². The molecule has 1 amide bonds. The zero-order chi connectivity index (χ0) is 18.1. The number of rotatable bonds is 4. The predicted octanol–water partition coefficient (Wildman–Crippen LogP) is 1.70. The van der Waals surface area contributed by atoms with Crippen LogP contribution in [-0.4, -0.2) is 64.3 Å². The van der Waals surface area contributed by atoms with Crippen LogP contribution in [0.2, 0.25) is 0 Å². The van der Waals surface area contributed by atoms with Gasteiger partial charge >= 0.3 is 0 Å². The molecule has 0 saturated carbocycles. The quantitative estimate of drug-likeness (QED) is 0.769. The van der Waals surface area contributed by atoms with Gasteiger partial charge in [0, 0.05) is 31.6 Å². The minimum absolute atomic E-state index is 0.0861. The highest BCUT2D eigenvalue weighted by Gasteiger charge is 2.22. The number of H-pyrrole nitrogens is 1. The fourth-order valence-corrected chi connectivity index (χ4v) is 3.05. The van der Waals surface area contributed by atoms with Gasteiger partial charge in [-0.2, -0.15) is 5.10 Å². The van der Waals surface area contributed by atoms with E-state index < -0.39 is 0 Å². The molecule has 1 aliphatic rings. The number of likely N-dealkylation sites (N-methyl/N-ethyl adjacent to an activating group) is 1. The lowest BCUT2D eigenvalue weighted by atomic mass is 10.1. The van der Waals surface area contributed by atoms with E-state index in [-0.39, 0.29) is 5.91 Å². The average Bonchev–Trinajstić information content (AvgIpc) is 3.08. The minimum Gasteiger partial charge on any atom is -0.494 e. The molecule has 0 bridgehead atoms. The van der Waals surface area contributed by atoms with Crippen LogP contribution < -0.4 is 9.64 Å². The van der Waals surface area contributed by atoms with Gasteiger partial charge in [-0.1, -0.05) is 0 Å². The summed E-state index contributed by atoms with van der Waals surface area (Å²) in [5, 5.41) is 8.38. The predicted molar refractivity (Wildman–Crippen MR) is 98.1 cm³/mol. The minimum atomic E-state index is 0.0861. The van der Waals surface area contributed by atoms with Crippen LogP contribution in [0.15, 0.2) is 30.6 Å². The zero-order valence-corrected chi connectivity index (χ0v) is 14.8. The molecule has 0 spiro atoms. The molecule has 26 heavy (non-hydrogen) atoms. The van der Waals surface area contributed by atoms with Crippen LogP contribution in [-0.2, 0) is 4.79 Å². The molecule has 2 aromatic heterocycles. The fraction of sp³-hybridized carbons (Fsp3) is 0.333. The molecule has 8 heteroatoms. The molecule has 1 aliphatic heterocycles. The topological polar surface area (TPSA) is 87.2 Å². The van der Waals surface area contributed by atoms with E-state index in [1.165, 1.54) is 6.33 Å². The first-order valence-corrected chi connectivity index (χ1v) is 8.58. The van der Waals surface area contributed by atoms with Crippen LogP contribution in [0, 0.1) is 0 Å². The van der Waals surface area contributed by atoms with E-state index in [4.69, 9.17) is 4.74 Å². The maximum absolute atomic E-state index is 12.0. The molecule has 0 atom stereocenters. The normalized spacial score (nSPS) is 14.9. The summed E-state index contributed by atoms with van der Waals surface area (Å²) >= 11 is 0. The number of hydrogen-bond donors (Lipinski definition) is 1. The van der Waals surface area contributed by atoms with E-state index in [2.05, 4.69) is 20.2 Å². The number of piperazine rings is 1. The van der Waals surface area contributed by atoms with Gasteiger partial charge in [-0.15, -0.1) is 0 Å². The highest BCUT2D eigenvalue weighted by molar-refractivity contribution is 5.93. The van der Waals surface area contributed by atoms with Gasteiger partial charge in [-0.05, 0) is 25.1 Å². The standard InChI is InChI=1S/C18H20N6O2/c1-3-26-12-4-5-14-13(8-12)18(22-21-14)15-9-16(20-11-19-15)24-7-6-23(2)17(25)10-24/h4-5,8-9,11H,3,6-7,10H2,1-2H3,(H,21,22). The number of hydrogen-bond acceptors (Lipinski definition) is 6. The Morgan fingerprint density at radius 3 is 2.92 bits per heavy atom. The molecular formula is C18H20N6O2. The molecule has 1 aromatic carbocycles. The van der Waals surface area contributed by atoms with E-state index in [0.717, 1.165) is 34.7 Å². The maximum atomic E-state index is 12.0. The van der Waals surface area contributed by atoms with E-state index in [9.17, 15) is 4.79 Å². The monoisotopic (exact) mass is 352 g/mol.